The molecule has 2 rings (SSSR count). The molecule has 0 saturated carbocycles. The van der Waals surface area contributed by atoms with Gasteiger partial charge in [0.1, 0.15) is 0 Å². The van der Waals surface area contributed by atoms with Crippen LogP contribution in [0.3, 0.4) is 0 Å². The van der Waals surface area contributed by atoms with Crippen LogP contribution in [-0.2, 0) is 14.3 Å². The summed E-state index contributed by atoms with van der Waals surface area (Å²) in [5.41, 5.74) is 0. The number of piperidine rings is 1. The van der Waals surface area contributed by atoms with Gasteiger partial charge in [-0.3, -0.25) is 9.69 Å². The lowest BCUT2D eigenvalue weighted by Gasteiger charge is -2.32. The minimum absolute atomic E-state index is 0.172. The zero-order valence-corrected chi connectivity index (χ0v) is 12.5. The van der Waals surface area contributed by atoms with Crippen LogP contribution in [0.25, 0.3) is 0 Å². The van der Waals surface area contributed by atoms with Gasteiger partial charge in [-0.2, -0.15) is 13.2 Å². The summed E-state index contributed by atoms with van der Waals surface area (Å²) < 4.78 is 47.3. The topological polar surface area (TPSA) is 50.8 Å². The predicted octanol–water partition coefficient (Wildman–Crippen LogP) is 1.18. The van der Waals surface area contributed by atoms with Crippen molar-refractivity contribution in [2.24, 2.45) is 5.92 Å². The Bertz CT molecular complexity index is 352. The average molecular weight is 324 g/mol. The molecule has 0 aromatic carbocycles. The number of rotatable bonds is 5. The number of alkyl halides is 3. The number of likely N-dealkylation sites (tertiary alicyclic amines) is 1. The van der Waals surface area contributed by atoms with E-state index >= 15 is 0 Å². The van der Waals surface area contributed by atoms with Crippen LogP contribution < -0.4 is 5.32 Å². The van der Waals surface area contributed by atoms with E-state index < -0.39 is 18.8 Å². The van der Waals surface area contributed by atoms with Crippen LogP contribution in [-0.4, -0.2) is 69.1 Å². The molecular weight excluding hydrogens is 301 g/mol. The van der Waals surface area contributed by atoms with Crippen LogP contribution in [0.15, 0.2) is 0 Å². The number of amides is 1. The van der Waals surface area contributed by atoms with Gasteiger partial charge in [-0.25, -0.2) is 0 Å². The maximum Gasteiger partial charge on any atom is 0.401 e. The van der Waals surface area contributed by atoms with Crippen LogP contribution in [0.4, 0.5) is 13.2 Å². The second-order valence-corrected chi connectivity index (χ2v) is 5.85. The monoisotopic (exact) mass is 324 g/mol. The maximum atomic E-state index is 12.3. The molecule has 1 amide bonds. The van der Waals surface area contributed by atoms with E-state index in [2.05, 4.69) is 5.32 Å². The molecule has 0 aliphatic carbocycles. The summed E-state index contributed by atoms with van der Waals surface area (Å²) in [4.78, 5) is 13.2. The van der Waals surface area contributed by atoms with Gasteiger partial charge in [0.05, 0.1) is 26.4 Å². The summed E-state index contributed by atoms with van der Waals surface area (Å²) in [6.07, 6.45) is -2.38. The molecule has 2 aliphatic rings. The number of nitrogens with zero attached hydrogens (tertiary/aromatic N) is 1. The maximum absolute atomic E-state index is 12.3. The van der Waals surface area contributed by atoms with E-state index in [1.54, 1.807) is 0 Å². The summed E-state index contributed by atoms with van der Waals surface area (Å²) >= 11 is 0. The molecular formula is C14H23F3N2O3. The third kappa shape index (κ3) is 6.10. The highest BCUT2D eigenvalue weighted by atomic mass is 19.4. The number of hydrogen-bond acceptors (Lipinski definition) is 4. The third-order valence-electron chi connectivity index (χ3n) is 4.07. The fourth-order valence-electron chi connectivity index (χ4n) is 2.84. The van der Waals surface area contributed by atoms with E-state index in [0.29, 0.717) is 38.8 Å². The molecule has 1 unspecified atom stereocenters. The Morgan fingerprint density at radius 3 is 2.55 bits per heavy atom. The van der Waals surface area contributed by atoms with Crippen LogP contribution >= 0.6 is 0 Å². The Kier molecular flexibility index (Phi) is 6.46. The zero-order chi connectivity index (χ0) is 16.0. The second-order valence-electron chi connectivity index (χ2n) is 5.85. The largest absolute Gasteiger partial charge is 0.401 e. The Balaban J connectivity index is 1.58. The molecule has 8 heteroatoms. The lowest BCUT2D eigenvalue weighted by atomic mass is 9.93. The van der Waals surface area contributed by atoms with Crippen LogP contribution in [0.1, 0.15) is 19.3 Å². The highest BCUT2D eigenvalue weighted by Gasteiger charge is 2.32. The third-order valence-corrected chi connectivity index (χ3v) is 4.07. The molecule has 0 radical (unpaired) electrons. The van der Waals surface area contributed by atoms with E-state index in [0.717, 1.165) is 19.3 Å². The van der Waals surface area contributed by atoms with Gasteiger partial charge in [-0.15, -0.1) is 0 Å². The number of carbonyl (C=O) groups excluding carboxylic acids is 1. The number of carbonyl (C=O) groups is 1. The number of halogens is 3. The average Bonchev–Trinajstić information content (AvgIpc) is 2.48. The minimum Gasteiger partial charge on any atom is -0.376 e. The molecule has 0 bridgehead atoms. The Hall–Kier alpha value is -0.860. The van der Waals surface area contributed by atoms with E-state index in [9.17, 15) is 18.0 Å². The zero-order valence-electron chi connectivity index (χ0n) is 12.5. The van der Waals surface area contributed by atoms with Gasteiger partial charge in [0.25, 0.3) is 5.91 Å². The predicted molar refractivity (Wildman–Crippen MR) is 73.4 cm³/mol. The standard InChI is InChI=1S/C14H23F3N2O3/c15-14(16,17)10-19-5-2-11(3-6-19)1-4-18-13(20)12-9-21-7-8-22-12/h11-12H,1-10H2,(H,18,20). The smallest absolute Gasteiger partial charge is 0.376 e. The Labute approximate surface area is 128 Å². The Morgan fingerprint density at radius 1 is 1.23 bits per heavy atom. The molecule has 5 nitrogen and oxygen atoms in total. The number of nitrogens with one attached hydrogen (secondary N) is 1. The first-order valence-electron chi connectivity index (χ1n) is 7.70. The van der Waals surface area contributed by atoms with E-state index in [-0.39, 0.29) is 12.5 Å². The summed E-state index contributed by atoms with van der Waals surface area (Å²) in [6.45, 7) is 1.87. The van der Waals surface area contributed by atoms with E-state index in [1.165, 1.54) is 4.90 Å². The highest BCUT2D eigenvalue weighted by Crippen LogP contribution is 2.23. The van der Waals surface area contributed by atoms with Gasteiger partial charge in [0.2, 0.25) is 0 Å². The molecule has 1 atom stereocenters. The van der Waals surface area contributed by atoms with Crippen molar-refractivity contribution in [3.63, 3.8) is 0 Å². The van der Waals surface area contributed by atoms with Gasteiger partial charge < -0.3 is 14.8 Å². The van der Waals surface area contributed by atoms with E-state index in [1.807, 2.05) is 0 Å². The number of ether oxygens (including phenoxy) is 2. The number of hydrogen-bond donors (Lipinski definition) is 1. The fourth-order valence-corrected chi connectivity index (χ4v) is 2.84. The van der Waals surface area contributed by atoms with Crippen molar-refractivity contribution in [1.29, 1.82) is 0 Å². The molecule has 1 N–H and O–H groups in total. The van der Waals surface area contributed by atoms with Gasteiger partial charge in [0.15, 0.2) is 6.10 Å². The molecule has 0 spiro atoms. The second kappa shape index (κ2) is 8.12. The van der Waals surface area contributed by atoms with Gasteiger partial charge in [0, 0.05) is 6.54 Å². The van der Waals surface area contributed by atoms with Gasteiger partial charge in [-0.05, 0) is 38.3 Å². The molecule has 0 aromatic heterocycles. The summed E-state index contributed by atoms with van der Waals surface area (Å²) in [5, 5.41) is 2.81. The summed E-state index contributed by atoms with van der Waals surface area (Å²) in [5.74, 6) is 0.197. The summed E-state index contributed by atoms with van der Waals surface area (Å²) in [6, 6.07) is 0. The van der Waals surface area contributed by atoms with Crippen molar-refractivity contribution in [1.82, 2.24) is 10.2 Å². The minimum atomic E-state index is -4.12. The van der Waals surface area contributed by atoms with Crippen LogP contribution in [0.2, 0.25) is 0 Å². The first-order valence-corrected chi connectivity index (χ1v) is 7.70. The Morgan fingerprint density at radius 2 is 1.95 bits per heavy atom. The molecule has 2 saturated heterocycles. The lowest BCUT2D eigenvalue weighted by molar-refractivity contribution is -0.149. The van der Waals surface area contributed by atoms with Crippen molar-refractivity contribution in [2.75, 3.05) is 46.0 Å². The fraction of sp³-hybridized carbons (Fsp3) is 0.929. The molecule has 22 heavy (non-hydrogen) atoms. The molecule has 128 valence electrons. The first kappa shape index (κ1) is 17.5. The van der Waals surface area contributed by atoms with Crippen molar-refractivity contribution in [3.05, 3.63) is 0 Å². The van der Waals surface area contributed by atoms with Crippen molar-refractivity contribution >= 4 is 5.91 Å². The van der Waals surface area contributed by atoms with Crippen LogP contribution in [0.5, 0.6) is 0 Å². The van der Waals surface area contributed by atoms with Crippen molar-refractivity contribution < 1.29 is 27.4 Å². The summed E-state index contributed by atoms with van der Waals surface area (Å²) in [7, 11) is 0. The van der Waals surface area contributed by atoms with Crippen LogP contribution in [0, 0.1) is 5.92 Å². The lowest BCUT2D eigenvalue weighted by Crippen LogP contribution is -2.44. The molecule has 2 fully saturated rings. The van der Waals surface area contributed by atoms with E-state index in [4.69, 9.17) is 9.47 Å². The van der Waals surface area contributed by atoms with Crippen molar-refractivity contribution in [3.8, 4) is 0 Å². The van der Waals surface area contributed by atoms with Gasteiger partial charge in [-0.1, -0.05) is 0 Å². The molecule has 2 heterocycles. The highest BCUT2D eigenvalue weighted by molar-refractivity contribution is 5.80. The SMILES string of the molecule is O=C(NCCC1CCN(CC(F)(F)F)CC1)C1COCCO1. The van der Waals surface area contributed by atoms with Gasteiger partial charge >= 0.3 is 6.18 Å². The van der Waals surface area contributed by atoms with Crippen molar-refractivity contribution in [2.45, 2.75) is 31.5 Å². The quantitative estimate of drug-likeness (QED) is 0.825. The first-order chi connectivity index (χ1) is 10.4. The molecule has 2 aliphatic heterocycles. The molecule has 0 aromatic rings. The normalized spacial score (nSPS) is 25.1.